The Morgan fingerprint density at radius 1 is 1.23 bits per heavy atom. The third-order valence-electron chi connectivity index (χ3n) is 6.36. The van der Waals surface area contributed by atoms with Gasteiger partial charge in [0.05, 0.1) is 6.04 Å². The minimum Gasteiger partial charge on any atom is -0.415 e. The summed E-state index contributed by atoms with van der Waals surface area (Å²) in [7, 11) is 0. The predicted molar refractivity (Wildman–Crippen MR) is 102 cm³/mol. The lowest BCUT2D eigenvalue weighted by Gasteiger charge is -2.38. The molecule has 2 aromatic rings. The van der Waals surface area contributed by atoms with Gasteiger partial charge in [0.2, 0.25) is 5.89 Å². The van der Waals surface area contributed by atoms with E-state index in [2.05, 4.69) is 15.5 Å². The second kappa shape index (κ2) is 7.35. The van der Waals surface area contributed by atoms with Crippen LogP contribution < -0.4 is 5.32 Å². The first-order chi connectivity index (χ1) is 14.9. The number of carbonyl (C=O) groups is 2. The van der Waals surface area contributed by atoms with Gasteiger partial charge in [-0.3, -0.25) is 9.59 Å². The highest BCUT2D eigenvalue weighted by Gasteiger charge is 2.52. The second-order valence-electron chi connectivity index (χ2n) is 8.45. The second-order valence-corrected chi connectivity index (χ2v) is 8.45. The summed E-state index contributed by atoms with van der Waals surface area (Å²) in [6.45, 7) is 0.373. The standard InChI is InChI=1S/C21H21F3N4O3/c22-16(23)18-27-26-17(31-18)11-5-6-12-10-28(19(29)13(12)9-11)15-4-2-1-3-14(15)25-20(30)21(24)7-8-21/h5-6,9,14-16H,1-4,7-8,10H2,(H,25,30)/t14-,15-/m1/s1. The van der Waals surface area contributed by atoms with Crippen molar-refractivity contribution in [1.82, 2.24) is 20.4 Å². The van der Waals surface area contributed by atoms with Gasteiger partial charge >= 0.3 is 6.43 Å². The van der Waals surface area contributed by atoms with E-state index in [0.717, 1.165) is 24.8 Å². The molecule has 0 radical (unpaired) electrons. The van der Waals surface area contributed by atoms with Crippen molar-refractivity contribution in [2.24, 2.45) is 0 Å². The van der Waals surface area contributed by atoms with E-state index in [0.29, 0.717) is 24.1 Å². The molecule has 10 heteroatoms. The number of halogens is 3. The molecular formula is C21H21F3N4O3. The van der Waals surface area contributed by atoms with Crippen LogP contribution >= 0.6 is 0 Å². The number of aromatic nitrogens is 2. The molecule has 0 bridgehead atoms. The zero-order valence-electron chi connectivity index (χ0n) is 16.6. The molecule has 2 saturated carbocycles. The van der Waals surface area contributed by atoms with Crippen molar-refractivity contribution in [2.75, 3.05) is 0 Å². The highest BCUT2D eigenvalue weighted by Crippen LogP contribution is 2.41. The molecular weight excluding hydrogens is 413 g/mol. The largest absolute Gasteiger partial charge is 0.415 e. The Morgan fingerprint density at radius 3 is 2.71 bits per heavy atom. The maximum atomic E-state index is 14.1. The molecule has 31 heavy (non-hydrogen) atoms. The summed E-state index contributed by atoms with van der Waals surface area (Å²) in [6, 6.07) is 4.44. The third-order valence-corrected chi connectivity index (χ3v) is 6.36. The molecule has 1 aliphatic heterocycles. The summed E-state index contributed by atoms with van der Waals surface area (Å²) in [5.41, 5.74) is -0.137. The topological polar surface area (TPSA) is 88.3 Å². The zero-order chi connectivity index (χ0) is 21.8. The molecule has 5 rings (SSSR count). The van der Waals surface area contributed by atoms with E-state index in [1.807, 2.05) is 0 Å². The summed E-state index contributed by atoms with van der Waals surface area (Å²) in [6.07, 6.45) is 0.858. The summed E-state index contributed by atoms with van der Waals surface area (Å²) in [5, 5.41) is 9.79. The fourth-order valence-corrected chi connectivity index (χ4v) is 4.45. The molecule has 164 valence electrons. The quantitative estimate of drug-likeness (QED) is 0.778. The molecule has 2 heterocycles. The molecule has 3 aliphatic rings. The average Bonchev–Trinajstić information content (AvgIpc) is 3.20. The molecule has 0 saturated heterocycles. The van der Waals surface area contributed by atoms with E-state index in [-0.39, 0.29) is 36.7 Å². The molecule has 1 aromatic carbocycles. The van der Waals surface area contributed by atoms with Gasteiger partial charge in [0.25, 0.3) is 17.7 Å². The average molecular weight is 434 g/mol. The lowest BCUT2D eigenvalue weighted by molar-refractivity contribution is -0.128. The Bertz CT molecular complexity index is 1040. The maximum Gasteiger partial charge on any atom is 0.314 e. The summed E-state index contributed by atoms with van der Waals surface area (Å²) < 4.78 is 44.6. The van der Waals surface area contributed by atoms with Crippen molar-refractivity contribution in [3.8, 4) is 11.5 Å². The number of benzene rings is 1. The SMILES string of the molecule is O=C1c2cc(-c3nnc(C(F)F)o3)ccc2CN1[C@@H]1CCCC[C@H]1NC(=O)C1(F)CC1. The van der Waals surface area contributed by atoms with Gasteiger partial charge in [-0.15, -0.1) is 10.2 Å². The Kier molecular flexibility index (Phi) is 4.75. The molecule has 1 N–H and O–H groups in total. The highest BCUT2D eigenvalue weighted by molar-refractivity contribution is 5.99. The van der Waals surface area contributed by atoms with Gasteiger partial charge in [0.1, 0.15) is 0 Å². The molecule has 2 aliphatic carbocycles. The van der Waals surface area contributed by atoms with Crippen LogP contribution in [0.3, 0.4) is 0 Å². The first-order valence-corrected chi connectivity index (χ1v) is 10.4. The fourth-order valence-electron chi connectivity index (χ4n) is 4.45. The van der Waals surface area contributed by atoms with Gasteiger partial charge in [-0.05, 0) is 43.4 Å². The number of hydrogen-bond acceptors (Lipinski definition) is 5. The first-order valence-electron chi connectivity index (χ1n) is 10.4. The number of hydrogen-bond donors (Lipinski definition) is 1. The van der Waals surface area contributed by atoms with Crippen LogP contribution in [0, 0.1) is 0 Å². The number of fused-ring (bicyclic) bond motifs is 1. The van der Waals surface area contributed by atoms with Crippen LogP contribution in [0.2, 0.25) is 0 Å². The van der Waals surface area contributed by atoms with Crippen LogP contribution in [-0.2, 0) is 11.3 Å². The Labute approximate surface area is 176 Å². The van der Waals surface area contributed by atoms with E-state index in [1.54, 1.807) is 23.1 Å². The predicted octanol–water partition coefficient (Wildman–Crippen LogP) is 3.56. The minimum atomic E-state index is -2.87. The van der Waals surface area contributed by atoms with Crippen molar-refractivity contribution >= 4 is 11.8 Å². The van der Waals surface area contributed by atoms with Crippen LogP contribution in [0.5, 0.6) is 0 Å². The third kappa shape index (κ3) is 3.57. The Hall–Kier alpha value is -2.91. The number of nitrogens with zero attached hydrogens (tertiary/aromatic N) is 3. The first kappa shape index (κ1) is 20.0. The number of nitrogens with one attached hydrogen (secondary N) is 1. The Balaban J connectivity index is 1.36. The lowest BCUT2D eigenvalue weighted by Crippen LogP contribution is -2.55. The molecule has 0 unspecified atom stereocenters. The highest BCUT2D eigenvalue weighted by atomic mass is 19.3. The van der Waals surface area contributed by atoms with Crippen LogP contribution in [0.15, 0.2) is 22.6 Å². The van der Waals surface area contributed by atoms with Crippen LogP contribution in [0.1, 0.15) is 66.8 Å². The van der Waals surface area contributed by atoms with E-state index in [9.17, 15) is 22.8 Å². The van der Waals surface area contributed by atoms with E-state index in [1.165, 1.54) is 0 Å². The maximum absolute atomic E-state index is 14.1. The molecule has 2 fully saturated rings. The number of carbonyl (C=O) groups excluding carboxylic acids is 2. The van der Waals surface area contributed by atoms with E-state index in [4.69, 9.17) is 4.42 Å². The van der Waals surface area contributed by atoms with Crippen molar-refractivity contribution < 1.29 is 27.2 Å². The van der Waals surface area contributed by atoms with Crippen molar-refractivity contribution in [3.63, 3.8) is 0 Å². The molecule has 1 aromatic heterocycles. The molecule has 2 atom stereocenters. The number of amides is 2. The number of rotatable bonds is 5. The summed E-state index contributed by atoms with van der Waals surface area (Å²) in [4.78, 5) is 27.1. The monoisotopic (exact) mass is 434 g/mol. The summed E-state index contributed by atoms with van der Waals surface area (Å²) in [5.74, 6) is -1.64. The molecule has 7 nitrogen and oxygen atoms in total. The fraction of sp³-hybridized carbons (Fsp3) is 0.524. The van der Waals surface area contributed by atoms with Crippen molar-refractivity contribution in [3.05, 3.63) is 35.2 Å². The van der Waals surface area contributed by atoms with Crippen LogP contribution in [-0.4, -0.2) is 44.7 Å². The molecule has 0 spiro atoms. The zero-order valence-corrected chi connectivity index (χ0v) is 16.6. The van der Waals surface area contributed by atoms with Gasteiger partial charge in [-0.1, -0.05) is 18.9 Å². The van der Waals surface area contributed by atoms with Crippen LogP contribution in [0.4, 0.5) is 13.2 Å². The normalized spacial score (nSPS) is 24.4. The van der Waals surface area contributed by atoms with Crippen molar-refractivity contribution in [2.45, 2.75) is 69.2 Å². The van der Waals surface area contributed by atoms with E-state index >= 15 is 0 Å². The van der Waals surface area contributed by atoms with Crippen molar-refractivity contribution in [1.29, 1.82) is 0 Å². The van der Waals surface area contributed by atoms with Gasteiger partial charge in [0.15, 0.2) is 5.67 Å². The van der Waals surface area contributed by atoms with Gasteiger partial charge in [-0.2, -0.15) is 8.78 Å². The smallest absolute Gasteiger partial charge is 0.314 e. The van der Waals surface area contributed by atoms with Gasteiger partial charge in [0, 0.05) is 23.7 Å². The lowest BCUT2D eigenvalue weighted by atomic mass is 9.89. The minimum absolute atomic E-state index is 0.0789. The Morgan fingerprint density at radius 2 is 2.00 bits per heavy atom. The molecule has 2 amide bonds. The van der Waals surface area contributed by atoms with Crippen LogP contribution in [0.25, 0.3) is 11.5 Å². The van der Waals surface area contributed by atoms with Gasteiger partial charge in [-0.25, -0.2) is 4.39 Å². The van der Waals surface area contributed by atoms with E-state index < -0.39 is 23.9 Å². The number of alkyl halides is 3. The van der Waals surface area contributed by atoms with Gasteiger partial charge < -0.3 is 14.6 Å². The summed E-state index contributed by atoms with van der Waals surface area (Å²) >= 11 is 0.